The Labute approximate surface area is 122 Å². The highest BCUT2D eigenvalue weighted by Crippen LogP contribution is 2.56. The van der Waals surface area contributed by atoms with Crippen molar-refractivity contribution in [1.82, 2.24) is 4.98 Å². The molecule has 3 atom stereocenters. The first kappa shape index (κ1) is 13.1. The lowest BCUT2D eigenvalue weighted by molar-refractivity contribution is -0.157. The average molecular weight is 345 g/mol. The van der Waals surface area contributed by atoms with Gasteiger partial charge in [-0.3, -0.25) is 9.59 Å². The summed E-state index contributed by atoms with van der Waals surface area (Å²) in [5, 5.41) is 12.7. The largest absolute Gasteiger partial charge is 0.480 e. The maximum absolute atomic E-state index is 12.4. The zero-order valence-corrected chi connectivity index (χ0v) is 12.5. The monoisotopic (exact) mass is 344 g/mol. The van der Waals surface area contributed by atoms with Crippen LogP contribution in [0, 0.1) is 17.3 Å². The van der Waals surface area contributed by atoms with Crippen LogP contribution in [0.3, 0.4) is 0 Å². The predicted molar refractivity (Wildman–Crippen MR) is 74.0 cm³/mol. The number of carboxylic acids is 1. The first-order valence-electron chi connectivity index (χ1n) is 6.18. The Bertz CT molecular complexity index is 547. The normalized spacial score (nSPS) is 32.5. The Morgan fingerprint density at radius 1 is 1.53 bits per heavy atom. The van der Waals surface area contributed by atoms with Crippen molar-refractivity contribution in [1.29, 1.82) is 0 Å². The number of aromatic nitrogens is 1. The number of amides is 1. The van der Waals surface area contributed by atoms with Gasteiger partial charge in [-0.1, -0.05) is 17.8 Å². The summed E-state index contributed by atoms with van der Waals surface area (Å²) < 4.78 is 0.806. The molecule has 3 unspecified atom stereocenters. The van der Waals surface area contributed by atoms with Crippen LogP contribution in [-0.4, -0.2) is 22.0 Å². The molecule has 1 aromatic rings. The summed E-state index contributed by atoms with van der Waals surface area (Å²) >= 11 is 4.55. The van der Waals surface area contributed by atoms with E-state index in [9.17, 15) is 14.7 Å². The second kappa shape index (κ2) is 4.56. The highest BCUT2D eigenvalue weighted by atomic mass is 79.9. The third-order valence-electron chi connectivity index (χ3n) is 4.33. The number of carbonyl (C=O) groups is 2. The Morgan fingerprint density at radius 3 is 2.79 bits per heavy atom. The average Bonchev–Trinajstić information content (AvgIpc) is 3.04. The van der Waals surface area contributed by atoms with Crippen LogP contribution >= 0.6 is 27.3 Å². The van der Waals surface area contributed by atoms with Gasteiger partial charge in [0.05, 0.1) is 9.98 Å². The van der Waals surface area contributed by atoms with E-state index in [1.165, 1.54) is 11.3 Å². The molecule has 0 spiro atoms. The van der Waals surface area contributed by atoms with E-state index < -0.39 is 17.3 Å². The van der Waals surface area contributed by atoms with Crippen molar-refractivity contribution in [3.05, 3.63) is 9.98 Å². The topological polar surface area (TPSA) is 79.3 Å². The molecule has 2 aliphatic rings. The molecule has 5 nitrogen and oxygen atoms in total. The van der Waals surface area contributed by atoms with Gasteiger partial charge in [0.25, 0.3) is 0 Å². The Kier molecular flexibility index (Phi) is 3.13. The van der Waals surface area contributed by atoms with Gasteiger partial charge < -0.3 is 10.4 Å². The molecule has 3 rings (SSSR count). The van der Waals surface area contributed by atoms with Gasteiger partial charge in [0, 0.05) is 0 Å². The third kappa shape index (κ3) is 1.99. The summed E-state index contributed by atoms with van der Waals surface area (Å²) in [6.07, 6.45) is 4.81. The number of fused-ring (bicyclic) bond motifs is 2. The van der Waals surface area contributed by atoms with E-state index in [1.54, 1.807) is 6.20 Å². The SMILES string of the molecule is O=C(O)C1(C(=O)Nc2ncc(Br)s2)CC2CCC1C2. The summed E-state index contributed by atoms with van der Waals surface area (Å²) in [5.74, 6) is -1.05. The minimum absolute atomic E-state index is 0.0293. The van der Waals surface area contributed by atoms with Crippen LogP contribution in [0.4, 0.5) is 5.13 Å². The lowest BCUT2D eigenvalue weighted by Crippen LogP contribution is -2.47. The third-order valence-corrected chi connectivity index (χ3v) is 5.73. The Morgan fingerprint density at radius 2 is 2.32 bits per heavy atom. The van der Waals surface area contributed by atoms with Gasteiger partial charge in [0.2, 0.25) is 5.91 Å². The molecule has 102 valence electrons. The van der Waals surface area contributed by atoms with Crippen LogP contribution < -0.4 is 5.32 Å². The number of hydrogen-bond donors (Lipinski definition) is 2. The van der Waals surface area contributed by atoms with Gasteiger partial charge in [-0.25, -0.2) is 4.98 Å². The predicted octanol–water partition coefficient (Wildman–Crippen LogP) is 2.74. The van der Waals surface area contributed by atoms with Crippen LogP contribution in [0.2, 0.25) is 0 Å². The fourth-order valence-electron chi connectivity index (χ4n) is 3.49. The number of nitrogens with zero attached hydrogens (tertiary/aromatic N) is 1. The number of anilines is 1. The zero-order valence-electron chi connectivity index (χ0n) is 10.1. The Hall–Kier alpha value is -0.950. The van der Waals surface area contributed by atoms with Gasteiger partial charge in [-0.15, -0.1) is 0 Å². The zero-order chi connectivity index (χ0) is 13.6. The molecule has 2 saturated carbocycles. The van der Waals surface area contributed by atoms with Gasteiger partial charge in [-0.05, 0) is 47.0 Å². The summed E-state index contributed by atoms with van der Waals surface area (Å²) in [5.41, 5.74) is -1.25. The van der Waals surface area contributed by atoms with Crippen molar-refractivity contribution in [2.75, 3.05) is 5.32 Å². The molecule has 2 bridgehead atoms. The van der Waals surface area contributed by atoms with Crippen LogP contribution in [-0.2, 0) is 9.59 Å². The molecule has 2 fully saturated rings. The summed E-state index contributed by atoms with van der Waals surface area (Å²) in [6.45, 7) is 0. The Balaban J connectivity index is 1.85. The minimum atomic E-state index is -1.25. The van der Waals surface area contributed by atoms with Gasteiger partial charge in [0.15, 0.2) is 5.13 Å². The first-order valence-corrected chi connectivity index (χ1v) is 7.79. The van der Waals surface area contributed by atoms with Crippen molar-refractivity contribution in [2.45, 2.75) is 25.7 Å². The molecule has 0 saturated heterocycles. The smallest absolute Gasteiger partial charge is 0.319 e. The first-order chi connectivity index (χ1) is 9.02. The number of carbonyl (C=O) groups excluding carboxylic acids is 1. The fraction of sp³-hybridized carbons (Fsp3) is 0.583. The number of thiazole rings is 1. The number of nitrogens with one attached hydrogen (secondary N) is 1. The van der Waals surface area contributed by atoms with Crippen molar-refractivity contribution >= 4 is 44.3 Å². The highest BCUT2D eigenvalue weighted by molar-refractivity contribution is 9.11. The number of hydrogen-bond acceptors (Lipinski definition) is 4. The fourth-order valence-corrected chi connectivity index (χ4v) is 4.59. The standard InChI is InChI=1S/C12H13BrN2O3S/c13-8-5-14-11(19-8)15-9(16)12(10(17)18)4-6-1-2-7(12)3-6/h5-7H,1-4H2,(H,17,18)(H,14,15,16). The minimum Gasteiger partial charge on any atom is -0.480 e. The van der Waals surface area contributed by atoms with Crippen molar-refractivity contribution in [3.63, 3.8) is 0 Å². The van der Waals surface area contributed by atoms with E-state index in [0.29, 0.717) is 17.5 Å². The van der Waals surface area contributed by atoms with Crippen LogP contribution in [0.1, 0.15) is 25.7 Å². The highest BCUT2D eigenvalue weighted by Gasteiger charge is 2.60. The maximum Gasteiger partial charge on any atom is 0.319 e. The molecule has 1 aromatic heterocycles. The summed E-state index contributed by atoms with van der Waals surface area (Å²) in [4.78, 5) is 28.1. The van der Waals surface area contributed by atoms with E-state index in [-0.39, 0.29) is 5.92 Å². The van der Waals surface area contributed by atoms with Crippen LogP contribution in [0.5, 0.6) is 0 Å². The quantitative estimate of drug-likeness (QED) is 0.826. The molecular formula is C12H13BrN2O3S. The van der Waals surface area contributed by atoms with Gasteiger partial charge >= 0.3 is 5.97 Å². The maximum atomic E-state index is 12.4. The van der Waals surface area contributed by atoms with Crippen LogP contribution in [0.15, 0.2) is 9.98 Å². The number of carboxylic acid groups (broad SMARTS) is 1. The van der Waals surface area contributed by atoms with Crippen molar-refractivity contribution < 1.29 is 14.7 Å². The van der Waals surface area contributed by atoms with E-state index in [4.69, 9.17) is 0 Å². The second-order valence-electron chi connectivity index (χ2n) is 5.28. The summed E-state index contributed by atoms with van der Waals surface area (Å²) in [6, 6.07) is 0. The van der Waals surface area contributed by atoms with Gasteiger partial charge in [0.1, 0.15) is 5.41 Å². The molecule has 7 heteroatoms. The molecule has 1 amide bonds. The molecule has 0 radical (unpaired) electrons. The molecule has 1 heterocycles. The van der Waals surface area contributed by atoms with E-state index in [0.717, 1.165) is 23.0 Å². The summed E-state index contributed by atoms with van der Waals surface area (Å²) in [7, 11) is 0. The lowest BCUT2D eigenvalue weighted by Gasteiger charge is -2.31. The lowest BCUT2D eigenvalue weighted by atomic mass is 9.72. The van der Waals surface area contributed by atoms with Crippen molar-refractivity contribution in [2.24, 2.45) is 17.3 Å². The number of aliphatic carboxylic acids is 1. The molecule has 0 aliphatic heterocycles. The number of rotatable bonds is 3. The van der Waals surface area contributed by atoms with E-state index >= 15 is 0 Å². The molecule has 2 N–H and O–H groups in total. The van der Waals surface area contributed by atoms with Gasteiger partial charge in [-0.2, -0.15) is 0 Å². The van der Waals surface area contributed by atoms with Crippen LogP contribution in [0.25, 0.3) is 0 Å². The van der Waals surface area contributed by atoms with Crippen molar-refractivity contribution in [3.8, 4) is 0 Å². The van der Waals surface area contributed by atoms with E-state index in [1.807, 2.05) is 0 Å². The number of halogens is 1. The molecule has 0 aromatic carbocycles. The molecular weight excluding hydrogens is 332 g/mol. The molecule has 19 heavy (non-hydrogen) atoms. The van der Waals surface area contributed by atoms with E-state index in [2.05, 4.69) is 26.2 Å². The molecule has 2 aliphatic carbocycles. The second-order valence-corrected chi connectivity index (χ2v) is 7.69.